The number of nitrogens with one attached hydrogen (secondary N) is 2. The fourth-order valence-electron chi connectivity index (χ4n) is 7.32. The summed E-state index contributed by atoms with van der Waals surface area (Å²) in [7, 11) is 1.59. The summed E-state index contributed by atoms with van der Waals surface area (Å²) in [6, 6.07) is -0.480. The summed E-state index contributed by atoms with van der Waals surface area (Å²) in [6.07, 6.45) is 11.4. The van der Waals surface area contributed by atoms with Gasteiger partial charge in [0.1, 0.15) is 12.1 Å². The summed E-state index contributed by atoms with van der Waals surface area (Å²) in [4.78, 5) is 31.1. The van der Waals surface area contributed by atoms with Gasteiger partial charge in [0, 0.05) is 51.2 Å². The van der Waals surface area contributed by atoms with Gasteiger partial charge < -0.3 is 20.4 Å². The van der Waals surface area contributed by atoms with Crippen LogP contribution in [0, 0.1) is 5.41 Å². The van der Waals surface area contributed by atoms with Gasteiger partial charge in [0.25, 0.3) is 0 Å². The zero-order valence-corrected chi connectivity index (χ0v) is 24.8. The topological polar surface area (TPSA) is 112 Å². The third-order valence-corrected chi connectivity index (χ3v) is 9.30. The minimum absolute atomic E-state index is 0.0856. The van der Waals surface area contributed by atoms with Gasteiger partial charge in [-0.25, -0.2) is 10.4 Å². The third kappa shape index (κ3) is 7.32. The Bertz CT molecular complexity index is 812. The van der Waals surface area contributed by atoms with E-state index in [9.17, 15) is 19.8 Å². The second-order valence-corrected chi connectivity index (χ2v) is 13.4. The van der Waals surface area contributed by atoms with E-state index in [0.29, 0.717) is 12.6 Å². The Morgan fingerprint density at radius 1 is 1.00 bits per heavy atom. The molecular weight excluding hydrogens is 496 g/mol. The van der Waals surface area contributed by atoms with Gasteiger partial charge in [0.2, 0.25) is 11.8 Å². The largest absolute Gasteiger partial charge is 0.395 e. The Kier molecular flexibility index (Phi) is 10.7. The van der Waals surface area contributed by atoms with E-state index in [1.54, 1.807) is 11.9 Å². The second-order valence-electron chi connectivity index (χ2n) is 13.4. The van der Waals surface area contributed by atoms with E-state index in [-0.39, 0.29) is 43.5 Å². The number of β-amino-alcohol motifs (C(OH)–C–C–N with tert-alkyl or cyclic N) is 1. The summed E-state index contributed by atoms with van der Waals surface area (Å²) in [5.41, 5.74) is 3.44. The highest BCUT2D eigenvalue weighted by molar-refractivity contribution is 5.90. The number of aliphatic hydroxyl groups is 2. The number of carbonyl (C=O) groups excluding carboxylic acids is 2. The van der Waals surface area contributed by atoms with Gasteiger partial charge in [-0.2, -0.15) is 5.12 Å². The second kappa shape index (κ2) is 13.6. The van der Waals surface area contributed by atoms with Gasteiger partial charge in [-0.3, -0.25) is 14.5 Å². The highest BCUT2D eigenvalue weighted by atomic mass is 16.3. The summed E-state index contributed by atoms with van der Waals surface area (Å²) in [6.45, 7) is 9.20. The van der Waals surface area contributed by atoms with Crippen LogP contribution in [-0.4, -0.2) is 118 Å². The molecule has 3 saturated heterocycles. The molecule has 4 aliphatic rings. The first-order valence-corrected chi connectivity index (χ1v) is 15.5. The molecule has 10 heteroatoms. The smallest absolute Gasteiger partial charge is 0.242 e. The SMILES string of the molecule is CNC(=O)C1CC(O)CN1C(=O)C(N1CC(CN2CCCC2CO)NN1C1CCCCCCCC1)C(C)(C)C. The Morgan fingerprint density at radius 3 is 2.28 bits per heavy atom. The minimum atomic E-state index is -0.697. The van der Waals surface area contributed by atoms with Gasteiger partial charge in [-0.05, 0) is 37.6 Å². The number of likely N-dealkylation sites (N-methyl/N-ethyl adjacent to an activating group) is 1. The molecule has 0 aromatic heterocycles. The summed E-state index contributed by atoms with van der Waals surface area (Å²) >= 11 is 0. The van der Waals surface area contributed by atoms with Gasteiger partial charge >= 0.3 is 0 Å². The van der Waals surface area contributed by atoms with Crippen molar-refractivity contribution in [2.75, 3.05) is 39.8 Å². The molecule has 39 heavy (non-hydrogen) atoms. The molecule has 5 atom stereocenters. The molecule has 3 aliphatic heterocycles. The van der Waals surface area contributed by atoms with Crippen molar-refractivity contribution in [3.8, 4) is 0 Å². The van der Waals surface area contributed by atoms with Crippen LogP contribution in [0.3, 0.4) is 0 Å². The molecule has 4 fully saturated rings. The van der Waals surface area contributed by atoms with Crippen LogP contribution >= 0.6 is 0 Å². The standard InChI is InChI=1S/C29H54N6O4/c1-29(2,3)26(28(39)33-19-24(37)16-25(33)27(38)30-4)34-18-21(17-32-15-11-14-23(32)20-36)31-35(34)22-12-9-7-5-6-8-10-13-22/h21-26,31,36-37H,5-20H2,1-4H3,(H,30,38). The number of rotatable bonds is 7. The average molecular weight is 551 g/mol. The monoisotopic (exact) mass is 550 g/mol. The molecule has 5 unspecified atom stereocenters. The van der Waals surface area contributed by atoms with E-state index in [1.165, 1.54) is 38.5 Å². The van der Waals surface area contributed by atoms with Crippen LogP contribution in [-0.2, 0) is 9.59 Å². The molecule has 3 heterocycles. The lowest BCUT2D eigenvalue weighted by Gasteiger charge is -2.45. The van der Waals surface area contributed by atoms with E-state index < -0.39 is 23.6 Å². The van der Waals surface area contributed by atoms with Crippen molar-refractivity contribution >= 4 is 11.8 Å². The van der Waals surface area contributed by atoms with Crippen LogP contribution in [0.4, 0.5) is 0 Å². The van der Waals surface area contributed by atoms with Crippen molar-refractivity contribution in [2.24, 2.45) is 5.41 Å². The summed E-state index contributed by atoms with van der Waals surface area (Å²) < 4.78 is 0. The predicted octanol–water partition coefficient (Wildman–Crippen LogP) is 1.47. The van der Waals surface area contributed by atoms with E-state index in [2.05, 4.69) is 46.5 Å². The van der Waals surface area contributed by atoms with Gasteiger partial charge in [0.05, 0.1) is 12.7 Å². The van der Waals surface area contributed by atoms with Gasteiger partial charge in [0.15, 0.2) is 0 Å². The van der Waals surface area contributed by atoms with Crippen molar-refractivity contribution in [1.82, 2.24) is 30.7 Å². The number of carbonyl (C=O) groups is 2. The zero-order chi connectivity index (χ0) is 28.2. The van der Waals surface area contributed by atoms with E-state index in [1.807, 2.05) is 0 Å². The lowest BCUT2D eigenvalue weighted by molar-refractivity contribution is -0.162. The maximum atomic E-state index is 14.4. The number of hydrazine groups is 2. The molecule has 1 aliphatic carbocycles. The molecule has 4 N–H and O–H groups in total. The van der Waals surface area contributed by atoms with E-state index in [4.69, 9.17) is 0 Å². The van der Waals surface area contributed by atoms with Crippen LogP contribution in [0.25, 0.3) is 0 Å². The van der Waals surface area contributed by atoms with Crippen LogP contribution in [0.5, 0.6) is 0 Å². The molecule has 10 nitrogen and oxygen atoms in total. The molecule has 0 spiro atoms. The normalized spacial score (nSPS) is 31.7. The molecule has 0 bridgehead atoms. The fraction of sp³-hybridized carbons (Fsp3) is 0.931. The molecule has 2 amide bonds. The number of nitrogens with zero attached hydrogens (tertiary/aromatic N) is 4. The quantitative estimate of drug-likeness (QED) is 0.377. The first-order valence-electron chi connectivity index (χ1n) is 15.5. The summed E-state index contributed by atoms with van der Waals surface area (Å²) in [5.74, 6) is -0.306. The average Bonchev–Trinajstić information content (AvgIpc) is 3.62. The molecule has 0 aromatic rings. The summed E-state index contributed by atoms with van der Waals surface area (Å²) in [5, 5.41) is 27.6. The highest BCUT2D eigenvalue weighted by Crippen LogP contribution is 2.34. The molecule has 0 aromatic carbocycles. The minimum Gasteiger partial charge on any atom is -0.395 e. The van der Waals surface area contributed by atoms with Crippen molar-refractivity contribution in [1.29, 1.82) is 0 Å². The first kappa shape index (κ1) is 30.7. The Balaban J connectivity index is 1.62. The van der Waals surface area contributed by atoms with Crippen molar-refractivity contribution in [3.63, 3.8) is 0 Å². The van der Waals surface area contributed by atoms with E-state index in [0.717, 1.165) is 38.8 Å². The molecule has 0 radical (unpaired) electrons. The highest BCUT2D eigenvalue weighted by Gasteiger charge is 2.50. The van der Waals surface area contributed by atoms with Gasteiger partial charge in [-0.1, -0.05) is 59.3 Å². The molecule has 4 rings (SSSR count). The third-order valence-electron chi connectivity index (χ3n) is 9.30. The maximum absolute atomic E-state index is 14.4. The van der Waals surface area contributed by atoms with Gasteiger partial charge in [-0.15, -0.1) is 0 Å². The molecule has 1 saturated carbocycles. The Labute approximate surface area is 235 Å². The van der Waals surface area contributed by atoms with Crippen LogP contribution in [0.2, 0.25) is 0 Å². The number of hydrogen-bond acceptors (Lipinski definition) is 8. The molecule has 224 valence electrons. The van der Waals surface area contributed by atoms with Crippen molar-refractivity contribution in [2.45, 2.75) is 128 Å². The van der Waals surface area contributed by atoms with Crippen LogP contribution < -0.4 is 10.7 Å². The maximum Gasteiger partial charge on any atom is 0.242 e. The zero-order valence-electron chi connectivity index (χ0n) is 24.8. The number of hydrogen-bond donors (Lipinski definition) is 4. The first-order chi connectivity index (χ1) is 18.6. The number of likely N-dealkylation sites (tertiary alicyclic amines) is 2. The van der Waals surface area contributed by atoms with E-state index >= 15 is 0 Å². The predicted molar refractivity (Wildman–Crippen MR) is 151 cm³/mol. The Hall–Kier alpha value is -1.30. The van der Waals surface area contributed by atoms with Crippen LogP contribution in [0.15, 0.2) is 0 Å². The van der Waals surface area contributed by atoms with Crippen molar-refractivity contribution in [3.05, 3.63) is 0 Å². The molecular formula is C29H54N6O4. The number of amides is 2. The number of aliphatic hydroxyl groups excluding tert-OH is 2. The fourth-order valence-corrected chi connectivity index (χ4v) is 7.32. The lowest BCUT2D eigenvalue weighted by atomic mass is 9.85. The van der Waals surface area contributed by atoms with Crippen molar-refractivity contribution < 1.29 is 19.8 Å². The Morgan fingerprint density at radius 2 is 1.67 bits per heavy atom. The van der Waals surface area contributed by atoms with Crippen LogP contribution in [0.1, 0.15) is 91.4 Å². The lowest BCUT2D eigenvalue weighted by Crippen LogP contribution is -2.62.